The standard InChI is InChI=1S/C10H13O4P/c1-14-15(12,13)10(11)8-7-9-5-3-2-4-6-9/h2-6H,7-8H2,1H3,(H,12,13). The van der Waals surface area contributed by atoms with E-state index in [2.05, 4.69) is 4.52 Å². The Hall–Kier alpha value is -0.960. The zero-order valence-electron chi connectivity index (χ0n) is 8.42. The van der Waals surface area contributed by atoms with E-state index in [1.165, 1.54) is 0 Å². The van der Waals surface area contributed by atoms with Crippen molar-refractivity contribution in [1.29, 1.82) is 0 Å². The lowest BCUT2D eigenvalue weighted by Gasteiger charge is -2.06. The van der Waals surface area contributed by atoms with Crippen molar-refractivity contribution in [2.45, 2.75) is 12.8 Å². The molecule has 1 aromatic carbocycles. The Bertz CT molecular complexity index is 374. The van der Waals surface area contributed by atoms with Crippen molar-refractivity contribution in [1.82, 2.24) is 0 Å². The Labute approximate surface area is 88.4 Å². The van der Waals surface area contributed by atoms with E-state index < -0.39 is 13.1 Å². The Morgan fingerprint density at radius 2 is 2.00 bits per heavy atom. The number of hydrogen-bond donors (Lipinski definition) is 1. The first kappa shape index (κ1) is 12.1. The molecule has 0 aliphatic carbocycles. The van der Waals surface area contributed by atoms with E-state index in [0.29, 0.717) is 6.42 Å². The van der Waals surface area contributed by atoms with E-state index in [1.54, 1.807) is 0 Å². The van der Waals surface area contributed by atoms with Crippen LogP contribution in [0.5, 0.6) is 0 Å². The zero-order chi connectivity index (χ0) is 11.3. The molecule has 1 rings (SSSR count). The van der Waals surface area contributed by atoms with Crippen LogP contribution in [0.15, 0.2) is 30.3 Å². The Balaban J connectivity index is 2.52. The van der Waals surface area contributed by atoms with Gasteiger partial charge in [0.15, 0.2) is 0 Å². The topological polar surface area (TPSA) is 63.6 Å². The number of aryl methyl sites for hydroxylation is 1. The van der Waals surface area contributed by atoms with Gasteiger partial charge in [0.05, 0.1) is 0 Å². The second kappa shape index (κ2) is 5.21. The summed E-state index contributed by atoms with van der Waals surface area (Å²) >= 11 is 0. The second-order valence-corrected chi connectivity index (χ2v) is 4.99. The van der Waals surface area contributed by atoms with Crippen molar-refractivity contribution >= 4 is 13.1 Å². The molecule has 1 aromatic rings. The predicted octanol–water partition coefficient (Wildman–Crippen LogP) is 1.98. The van der Waals surface area contributed by atoms with Crippen molar-refractivity contribution in [3.63, 3.8) is 0 Å². The normalized spacial score (nSPS) is 14.5. The molecule has 0 fully saturated rings. The van der Waals surface area contributed by atoms with E-state index in [-0.39, 0.29) is 6.42 Å². The van der Waals surface area contributed by atoms with Gasteiger partial charge in [-0.05, 0) is 12.0 Å². The van der Waals surface area contributed by atoms with Crippen LogP contribution in [0.2, 0.25) is 0 Å². The van der Waals surface area contributed by atoms with Gasteiger partial charge in [-0.1, -0.05) is 30.3 Å². The molecule has 82 valence electrons. The quantitative estimate of drug-likeness (QED) is 0.782. The summed E-state index contributed by atoms with van der Waals surface area (Å²) in [6.45, 7) is 0. The lowest BCUT2D eigenvalue weighted by atomic mass is 10.1. The SMILES string of the molecule is COP(=O)(O)C(=O)CCc1ccccc1. The zero-order valence-corrected chi connectivity index (χ0v) is 9.31. The number of benzene rings is 1. The lowest BCUT2D eigenvalue weighted by molar-refractivity contribution is -0.113. The molecule has 1 unspecified atom stereocenters. The van der Waals surface area contributed by atoms with E-state index in [0.717, 1.165) is 12.7 Å². The average molecular weight is 228 g/mol. The van der Waals surface area contributed by atoms with Crippen LogP contribution in [0, 0.1) is 0 Å². The summed E-state index contributed by atoms with van der Waals surface area (Å²) in [5.41, 5.74) is 0.218. The van der Waals surface area contributed by atoms with E-state index in [1.807, 2.05) is 30.3 Å². The highest BCUT2D eigenvalue weighted by Crippen LogP contribution is 2.42. The van der Waals surface area contributed by atoms with Crippen LogP contribution in [-0.2, 0) is 20.3 Å². The van der Waals surface area contributed by atoms with Crippen molar-refractivity contribution in [3.8, 4) is 0 Å². The minimum atomic E-state index is -4.04. The molecule has 5 heteroatoms. The van der Waals surface area contributed by atoms with Crippen LogP contribution in [0.1, 0.15) is 12.0 Å². The summed E-state index contributed by atoms with van der Waals surface area (Å²) in [5, 5.41) is 0. The summed E-state index contributed by atoms with van der Waals surface area (Å²) in [4.78, 5) is 20.3. The van der Waals surface area contributed by atoms with Gasteiger partial charge in [-0.3, -0.25) is 9.36 Å². The average Bonchev–Trinajstić information content (AvgIpc) is 2.27. The van der Waals surface area contributed by atoms with Gasteiger partial charge in [0.25, 0.3) is 0 Å². The second-order valence-electron chi connectivity index (χ2n) is 3.08. The molecule has 0 spiro atoms. The van der Waals surface area contributed by atoms with Crippen molar-refractivity contribution in [3.05, 3.63) is 35.9 Å². The molecule has 0 aliphatic heterocycles. The molecule has 1 atom stereocenters. The van der Waals surface area contributed by atoms with Crippen LogP contribution in [-0.4, -0.2) is 17.5 Å². The third-order valence-electron chi connectivity index (χ3n) is 2.03. The molecular formula is C10H13O4P. The maximum absolute atomic E-state index is 11.2. The number of carbonyl (C=O) groups excluding carboxylic acids is 1. The van der Waals surface area contributed by atoms with Gasteiger partial charge < -0.3 is 9.42 Å². The Morgan fingerprint density at radius 1 is 1.40 bits per heavy atom. The first-order chi connectivity index (χ1) is 7.06. The molecular weight excluding hydrogens is 215 g/mol. The fourth-order valence-corrected chi connectivity index (χ4v) is 1.74. The molecule has 0 saturated carbocycles. The maximum atomic E-state index is 11.2. The molecule has 0 heterocycles. The van der Waals surface area contributed by atoms with Gasteiger partial charge >= 0.3 is 7.60 Å². The summed E-state index contributed by atoms with van der Waals surface area (Å²) < 4.78 is 15.3. The van der Waals surface area contributed by atoms with E-state index in [4.69, 9.17) is 4.89 Å². The monoisotopic (exact) mass is 228 g/mol. The van der Waals surface area contributed by atoms with Crippen LogP contribution in [0.4, 0.5) is 0 Å². The summed E-state index contributed by atoms with van der Waals surface area (Å²) in [6, 6.07) is 9.31. The highest BCUT2D eigenvalue weighted by atomic mass is 31.2. The molecule has 0 aliphatic rings. The molecule has 0 aromatic heterocycles. The minimum Gasteiger partial charge on any atom is -0.319 e. The van der Waals surface area contributed by atoms with Crippen LogP contribution < -0.4 is 0 Å². The van der Waals surface area contributed by atoms with Crippen molar-refractivity contribution in [2.24, 2.45) is 0 Å². The predicted molar refractivity (Wildman–Crippen MR) is 56.6 cm³/mol. The van der Waals surface area contributed by atoms with Gasteiger partial charge in [-0.25, -0.2) is 0 Å². The van der Waals surface area contributed by atoms with Crippen molar-refractivity contribution < 1.29 is 18.8 Å². The largest absolute Gasteiger partial charge is 0.393 e. The fraction of sp³-hybridized carbons (Fsp3) is 0.300. The first-order valence-electron chi connectivity index (χ1n) is 4.52. The first-order valence-corrected chi connectivity index (χ1v) is 6.10. The maximum Gasteiger partial charge on any atom is 0.393 e. The highest BCUT2D eigenvalue weighted by molar-refractivity contribution is 7.70. The minimum absolute atomic E-state index is 0.0195. The van der Waals surface area contributed by atoms with Crippen molar-refractivity contribution in [2.75, 3.05) is 7.11 Å². The lowest BCUT2D eigenvalue weighted by Crippen LogP contribution is -2.02. The molecule has 15 heavy (non-hydrogen) atoms. The highest BCUT2D eigenvalue weighted by Gasteiger charge is 2.27. The molecule has 1 N–H and O–H groups in total. The fourth-order valence-electron chi connectivity index (χ4n) is 1.14. The van der Waals surface area contributed by atoms with Crippen LogP contribution in [0.3, 0.4) is 0 Å². The number of hydrogen-bond acceptors (Lipinski definition) is 3. The summed E-state index contributed by atoms with van der Waals surface area (Å²) in [7, 11) is -2.98. The third kappa shape index (κ3) is 3.59. The molecule has 0 bridgehead atoms. The third-order valence-corrected chi connectivity index (χ3v) is 3.38. The number of rotatable bonds is 5. The van der Waals surface area contributed by atoms with Crippen LogP contribution >= 0.6 is 7.60 Å². The van der Waals surface area contributed by atoms with E-state index in [9.17, 15) is 9.36 Å². The molecule has 4 nitrogen and oxygen atoms in total. The molecule has 0 amide bonds. The molecule has 0 saturated heterocycles. The van der Waals surface area contributed by atoms with Gasteiger partial charge in [-0.15, -0.1) is 0 Å². The number of carbonyl (C=O) groups is 1. The van der Waals surface area contributed by atoms with Gasteiger partial charge in [0, 0.05) is 13.5 Å². The smallest absolute Gasteiger partial charge is 0.319 e. The van der Waals surface area contributed by atoms with Gasteiger partial charge in [0.2, 0.25) is 5.52 Å². The molecule has 0 radical (unpaired) electrons. The summed E-state index contributed by atoms with van der Waals surface area (Å²) in [5.74, 6) is 0. The summed E-state index contributed by atoms with van der Waals surface area (Å²) in [6.07, 6.45) is 0.471. The Morgan fingerprint density at radius 3 is 2.53 bits per heavy atom. The van der Waals surface area contributed by atoms with E-state index >= 15 is 0 Å². The van der Waals surface area contributed by atoms with Gasteiger partial charge in [-0.2, -0.15) is 0 Å². The van der Waals surface area contributed by atoms with Crippen LogP contribution in [0.25, 0.3) is 0 Å². The van der Waals surface area contributed by atoms with Gasteiger partial charge in [0.1, 0.15) is 0 Å². The Kier molecular flexibility index (Phi) is 4.21.